The quantitative estimate of drug-likeness (QED) is 0.116. The van der Waals surface area contributed by atoms with Crippen LogP contribution in [0, 0.1) is 0 Å². The summed E-state index contributed by atoms with van der Waals surface area (Å²) in [6.07, 6.45) is 4.96. The molecule has 2 heterocycles. The van der Waals surface area contributed by atoms with Crippen LogP contribution in [-0.4, -0.2) is 45.3 Å². The van der Waals surface area contributed by atoms with Crippen molar-refractivity contribution < 1.29 is 20.1 Å². The van der Waals surface area contributed by atoms with E-state index < -0.39 is 0 Å². The van der Waals surface area contributed by atoms with E-state index in [9.17, 15) is 15.3 Å². The fourth-order valence-electron chi connectivity index (χ4n) is 6.23. The molecule has 8 rings (SSSR count). The molecular formula is C45H31ClN6O4. The van der Waals surface area contributed by atoms with Crippen molar-refractivity contribution >= 4 is 34.9 Å². The molecule has 6 aromatic carbocycles. The number of benzene rings is 6. The highest BCUT2D eigenvalue weighted by atomic mass is 35.5. The van der Waals surface area contributed by atoms with Gasteiger partial charge < -0.3 is 20.1 Å². The lowest BCUT2D eigenvalue weighted by Gasteiger charge is -2.18. The zero-order valence-electron chi connectivity index (χ0n) is 29.5. The number of phenols is 3. The molecule has 0 amide bonds. The van der Waals surface area contributed by atoms with Crippen LogP contribution in [0.5, 0.6) is 29.0 Å². The maximum Gasteiger partial charge on any atom is 0.328 e. The minimum Gasteiger partial charge on any atom is -0.508 e. The van der Waals surface area contributed by atoms with Gasteiger partial charge in [0.25, 0.3) is 5.95 Å². The maximum absolute atomic E-state index is 10.7. The van der Waals surface area contributed by atoms with Gasteiger partial charge in [0, 0.05) is 23.3 Å². The molecule has 0 aliphatic heterocycles. The van der Waals surface area contributed by atoms with Crippen molar-refractivity contribution in [2.45, 2.75) is 0 Å². The number of phenolic OH excluding ortho intramolecular Hbond substituents is 3. The molecule has 0 spiro atoms. The van der Waals surface area contributed by atoms with Crippen molar-refractivity contribution in [2.75, 3.05) is 0 Å². The Morgan fingerprint density at radius 1 is 0.589 bits per heavy atom. The van der Waals surface area contributed by atoms with E-state index in [4.69, 9.17) is 16.3 Å². The average molecular weight is 755 g/mol. The van der Waals surface area contributed by atoms with Crippen LogP contribution in [0.1, 0.15) is 33.4 Å². The van der Waals surface area contributed by atoms with Crippen molar-refractivity contribution in [1.82, 2.24) is 29.9 Å². The molecule has 0 radical (unpaired) electrons. The Morgan fingerprint density at radius 2 is 1.16 bits per heavy atom. The minimum absolute atomic E-state index is 0.0768. The Hall–Kier alpha value is -7.56. The van der Waals surface area contributed by atoms with Gasteiger partial charge in [0.05, 0.1) is 6.20 Å². The predicted molar refractivity (Wildman–Crippen MR) is 216 cm³/mol. The number of ether oxygens (including phenoxy) is 1. The summed E-state index contributed by atoms with van der Waals surface area (Å²) in [5.41, 5.74) is 9.00. The van der Waals surface area contributed by atoms with Crippen molar-refractivity contribution in [3.63, 3.8) is 0 Å². The van der Waals surface area contributed by atoms with Gasteiger partial charge in [-0.3, -0.25) is 0 Å². The maximum atomic E-state index is 10.7. The second-order valence-corrected chi connectivity index (χ2v) is 12.9. The number of nitrogens with zero attached hydrogens (tertiary/aromatic N) is 6. The third-order valence-corrected chi connectivity index (χ3v) is 8.94. The molecule has 0 aliphatic rings. The van der Waals surface area contributed by atoms with Gasteiger partial charge in [-0.15, -0.1) is 5.10 Å². The highest BCUT2D eigenvalue weighted by molar-refractivity contribution is 6.28. The summed E-state index contributed by atoms with van der Waals surface area (Å²) >= 11 is 6.28. The van der Waals surface area contributed by atoms with E-state index in [0.717, 1.165) is 39.0 Å². The molecule has 10 nitrogen and oxygen atoms in total. The van der Waals surface area contributed by atoms with E-state index in [2.05, 4.69) is 98.1 Å². The van der Waals surface area contributed by atoms with Crippen LogP contribution in [0.25, 0.3) is 40.5 Å². The highest BCUT2D eigenvalue weighted by Gasteiger charge is 2.17. The van der Waals surface area contributed by atoms with E-state index in [1.807, 2.05) is 42.5 Å². The molecule has 0 unspecified atom stereocenters. The van der Waals surface area contributed by atoms with E-state index in [1.54, 1.807) is 30.5 Å². The standard InChI is InChI=1S/C45H31ClN6O4/c46-43-47-44(49-45(48-43)56-38-23-22-31(40(55)27-38)17-16-29-24-36(53)26-37(54)25-29)52-28-39(50-51-52)30-18-20-35(21-19-30)42(34-14-8-3-9-15-34)41(32-10-4-1-5-11-32)33-12-6-2-7-13-33/h1-28,53-55H/b17-16+. The molecular weight excluding hydrogens is 724 g/mol. The Morgan fingerprint density at radius 3 is 1.73 bits per heavy atom. The molecule has 8 aromatic rings. The summed E-state index contributed by atoms with van der Waals surface area (Å²) in [5.74, 6) is 0.0873. The zero-order chi connectivity index (χ0) is 38.4. The lowest BCUT2D eigenvalue weighted by molar-refractivity contribution is 0.427. The SMILES string of the molecule is Oc1cc(O)cc(/C=C/c2ccc(Oc3nc(Cl)nc(-n4cc(-c5ccc(C(=C(c6ccccc6)c6ccccc6)c6ccccc6)cc5)nn4)n3)cc2O)c1. The average Bonchev–Trinajstić information content (AvgIpc) is 3.71. The first-order valence-electron chi connectivity index (χ1n) is 17.4. The molecule has 0 fully saturated rings. The van der Waals surface area contributed by atoms with Gasteiger partial charge in [-0.2, -0.15) is 19.6 Å². The molecule has 0 bridgehead atoms. The summed E-state index contributed by atoms with van der Waals surface area (Å²) in [4.78, 5) is 12.7. The van der Waals surface area contributed by atoms with Crippen molar-refractivity contribution in [1.29, 1.82) is 0 Å². The number of rotatable bonds is 10. The third-order valence-electron chi connectivity index (χ3n) is 8.77. The molecule has 0 aliphatic carbocycles. The summed E-state index contributed by atoms with van der Waals surface area (Å²) in [7, 11) is 0. The molecule has 272 valence electrons. The molecule has 56 heavy (non-hydrogen) atoms. The van der Waals surface area contributed by atoms with E-state index in [0.29, 0.717) is 16.8 Å². The minimum atomic E-state index is -0.127. The van der Waals surface area contributed by atoms with E-state index in [1.165, 1.54) is 28.9 Å². The zero-order valence-corrected chi connectivity index (χ0v) is 30.2. The van der Waals surface area contributed by atoms with Gasteiger partial charge in [0.15, 0.2) is 0 Å². The van der Waals surface area contributed by atoms with Crippen molar-refractivity contribution in [3.05, 3.63) is 197 Å². The van der Waals surface area contributed by atoms with E-state index >= 15 is 0 Å². The van der Waals surface area contributed by atoms with Crippen LogP contribution in [0.4, 0.5) is 0 Å². The third kappa shape index (κ3) is 8.01. The van der Waals surface area contributed by atoms with Gasteiger partial charge >= 0.3 is 6.01 Å². The first kappa shape index (κ1) is 35.5. The van der Waals surface area contributed by atoms with Gasteiger partial charge in [0.2, 0.25) is 5.28 Å². The Kier molecular flexibility index (Phi) is 10.0. The van der Waals surface area contributed by atoms with Crippen LogP contribution in [0.2, 0.25) is 5.28 Å². The van der Waals surface area contributed by atoms with Crippen LogP contribution in [0.3, 0.4) is 0 Å². The molecule has 0 atom stereocenters. The van der Waals surface area contributed by atoms with Gasteiger partial charge in [0.1, 0.15) is 28.7 Å². The van der Waals surface area contributed by atoms with Crippen LogP contribution >= 0.6 is 11.6 Å². The summed E-state index contributed by atoms with van der Waals surface area (Å²) < 4.78 is 7.22. The smallest absolute Gasteiger partial charge is 0.328 e. The first-order chi connectivity index (χ1) is 27.4. The summed E-state index contributed by atoms with van der Waals surface area (Å²) in [5, 5.41) is 38.6. The second kappa shape index (κ2) is 15.8. The summed E-state index contributed by atoms with van der Waals surface area (Å²) in [6.45, 7) is 0. The normalized spacial score (nSPS) is 11.1. The fourth-order valence-corrected chi connectivity index (χ4v) is 6.38. The first-order valence-corrected chi connectivity index (χ1v) is 17.8. The van der Waals surface area contributed by atoms with Crippen molar-refractivity contribution in [3.8, 4) is 46.2 Å². The lowest BCUT2D eigenvalue weighted by Crippen LogP contribution is -2.05. The van der Waals surface area contributed by atoms with Gasteiger partial charge in [-0.05, 0) is 74.8 Å². The Balaban J connectivity index is 1.06. The monoisotopic (exact) mass is 754 g/mol. The highest BCUT2D eigenvalue weighted by Crippen LogP contribution is 2.37. The van der Waals surface area contributed by atoms with Gasteiger partial charge in [-0.1, -0.05) is 133 Å². The molecule has 3 N–H and O–H groups in total. The Bertz CT molecular complexity index is 2640. The van der Waals surface area contributed by atoms with Crippen LogP contribution in [-0.2, 0) is 0 Å². The number of halogens is 1. The van der Waals surface area contributed by atoms with Crippen LogP contribution < -0.4 is 4.74 Å². The van der Waals surface area contributed by atoms with Crippen molar-refractivity contribution in [2.24, 2.45) is 0 Å². The molecule has 0 saturated carbocycles. The number of aromatic hydroxyl groups is 3. The topological polar surface area (TPSA) is 139 Å². The van der Waals surface area contributed by atoms with E-state index in [-0.39, 0.29) is 40.2 Å². The second-order valence-electron chi connectivity index (χ2n) is 12.6. The lowest BCUT2D eigenvalue weighted by atomic mass is 9.85. The largest absolute Gasteiger partial charge is 0.508 e. The summed E-state index contributed by atoms with van der Waals surface area (Å²) in [6, 6.07) is 48.1. The van der Waals surface area contributed by atoms with Gasteiger partial charge in [-0.25, -0.2) is 0 Å². The Labute approximate surface area is 326 Å². The predicted octanol–water partition coefficient (Wildman–Crippen LogP) is 9.86. The number of hydrogen-bond acceptors (Lipinski definition) is 9. The number of hydrogen-bond donors (Lipinski definition) is 3. The molecule has 2 aromatic heterocycles. The van der Waals surface area contributed by atoms with Crippen LogP contribution in [0.15, 0.2) is 158 Å². The number of aromatic nitrogens is 6. The molecule has 11 heteroatoms. The fraction of sp³-hybridized carbons (Fsp3) is 0. The molecule has 0 saturated heterocycles.